The zero-order valence-corrected chi connectivity index (χ0v) is 9.68. The van der Waals surface area contributed by atoms with Crippen molar-refractivity contribution < 1.29 is 5.11 Å². The number of hydrogen-bond donors (Lipinski definition) is 1. The molecule has 1 nitrogen and oxygen atoms in total. The van der Waals surface area contributed by atoms with Crippen molar-refractivity contribution in [1.29, 1.82) is 0 Å². The lowest BCUT2D eigenvalue weighted by molar-refractivity contribution is 0.219. The Hall–Kier alpha value is -0.980. The second-order valence-electron chi connectivity index (χ2n) is 5.47. The number of aliphatic hydroxyl groups is 1. The van der Waals surface area contributed by atoms with E-state index in [0.717, 1.165) is 24.2 Å². The van der Waals surface area contributed by atoms with Gasteiger partial charge in [0.15, 0.2) is 0 Å². The Morgan fingerprint density at radius 2 is 1.81 bits per heavy atom. The second kappa shape index (κ2) is 4.12. The Morgan fingerprint density at radius 1 is 1.00 bits per heavy atom. The summed E-state index contributed by atoms with van der Waals surface area (Å²) in [7, 11) is 0. The Morgan fingerprint density at radius 3 is 2.75 bits per heavy atom. The predicted octanol–water partition coefficient (Wildman–Crippen LogP) is 4.00. The van der Waals surface area contributed by atoms with E-state index in [4.69, 9.17) is 0 Å². The molecule has 3 aliphatic carbocycles. The zero-order chi connectivity index (χ0) is 11.0. The van der Waals surface area contributed by atoms with E-state index in [1.165, 1.54) is 25.7 Å². The van der Waals surface area contributed by atoms with E-state index < -0.39 is 0 Å². The van der Waals surface area contributed by atoms with E-state index in [9.17, 15) is 5.11 Å². The van der Waals surface area contributed by atoms with Gasteiger partial charge in [-0.3, -0.25) is 0 Å². The Labute approximate surface area is 97.6 Å². The standard InChI is InChI=1S/C15H20O/c16-13-8-9-15-12(10-13)6-3-5-11-4-1-2-7-14(11)15/h1-2,4,7,10-12,14-16H,3,5-6,8-9H2. The fourth-order valence-electron chi connectivity index (χ4n) is 3.77. The third-order valence-electron chi connectivity index (χ3n) is 4.56. The molecule has 0 aromatic heterocycles. The maximum Gasteiger partial charge on any atom is 0.0885 e. The maximum absolute atomic E-state index is 9.67. The van der Waals surface area contributed by atoms with Crippen molar-refractivity contribution in [2.75, 3.05) is 0 Å². The largest absolute Gasteiger partial charge is 0.513 e. The summed E-state index contributed by atoms with van der Waals surface area (Å²) in [5.41, 5.74) is 0. The molecule has 0 aromatic carbocycles. The highest BCUT2D eigenvalue weighted by atomic mass is 16.3. The van der Waals surface area contributed by atoms with Crippen LogP contribution in [0.3, 0.4) is 0 Å². The summed E-state index contributed by atoms with van der Waals surface area (Å²) >= 11 is 0. The van der Waals surface area contributed by atoms with Crippen LogP contribution in [0.25, 0.3) is 0 Å². The summed E-state index contributed by atoms with van der Waals surface area (Å²) in [6.45, 7) is 0. The molecule has 0 spiro atoms. The zero-order valence-electron chi connectivity index (χ0n) is 9.68. The topological polar surface area (TPSA) is 20.2 Å². The summed E-state index contributed by atoms with van der Waals surface area (Å²) in [6, 6.07) is 0. The van der Waals surface area contributed by atoms with Crippen LogP contribution in [0.2, 0.25) is 0 Å². The monoisotopic (exact) mass is 216 g/mol. The molecule has 1 fully saturated rings. The Balaban J connectivity index is 1.88. The van der Waals surface area contributed by atoms with Crippen LogP contribution in [0.5, 0.6) is 0 Å². The quantitative estimate of drug-likeness (QED) is 0.649. The first-order valence-corrected chi connectivity index (χ1v) is 6.59. The van der Waals surface area contributed by atoms with Gasteiger partial charge in [-0.25, -0.2) is 0 Å². The number of aliphatic hydroxyl groups excluding tert-OH is 1. The van der Waals surface area contributed by atoms with Gasteiger partial charge in [-0.15, -0.1) is 0 Å². The highest BCUT2D eigenvalue weighted by Crippen LogP contribution is 2.45. The average Bonchev–Trinajstić information content (AvgIpc) is 2.47. The van der Waals surface area contributed by atoms with Crippen LogP contribution in [0, 0.1) is 23.7 Å². The Bertz CT molecular complexity index is 350. The number of rotatable bonds is 0. The molecule has 0 aliphatic heterocycles. The normalized spacial score (nSPS) is 41.9. The van der Waals surface area contributed by atoms with Gasteiger partial charge in [-0.1, -0.05) is 30.7 Å². The lowest BCUT2D eigenvalue weighted by Crippen LogP contribution is -2.27. The summed E-state index contributed by atoms with van der Waals surface area (Å²) in [5.74, 6) is 3.51. The van der Waals surface area contributed by atoms with Gasteiger partial charge in [-0.2, -0.15) is 0 Å². The fraction of sp³-hybridized carbons (Fsp3) is 0.600. The molecule has 0 bridgehead atoms. The average molecular weight is 216 g/mol. The first-order chi connectivity index (χ1) is 7.84. The molecule has 86 valence electrons. The van der Waals surface area contributed by atoms with Gasteiger partial charge in [0.1, 0.15) is 0 Å². The molecule has 3 aliphatic rings. The van der Waals surface area contributed by atoms with Gasteiger partial charge >= 0.3 is 0 Å². The van der Waals surface area contributed by atoms with Crippen LogP contribution in [0.4, 0.5) is 0 Å². The third kappa shape index (κ3) is 1.73. The van der Waals surface area contributed by atoms with Crippen molar-refractivity contribution in [3.63, 3.8) is 0 Å². The van der Waals surface area contributed by atoms with Crippen molar-refractivity contribution in [2.24, 2.45) is 23.7 Å². The molecule has 16 heavy (non-hydrogen) atoms. The van der Waals surface area contributed by atoms with Crippen LogP contribution >= 0.6 is 0 Å². The maximum atomic E-state index is 9.67. The van der Waals surface area contributed by atoms with Crippen molar-refractivity contribution in [1.82, 2.24) is 0 Å². The van der Waals surface area contributed by atoms with E-state index in [0.29, 0.717) is 11.7 Å². The minimum atomic E-state index is 0.625. The van der Waals surface area contributed by atoms with Crippen LogP contribution < -0.4 is 0 Å². The van der Waals surface area contributed by atoms with Crippen LogP contribution in [-0.4, -0.2) is 5.11 Å². The predicted molar refractivity (Wildman–Crippen MR) is 66.0 cm³/mol. The summed E-state index contributed by atoms with van der Waals surface area (Å²) in [5, 5.41) is 9.67. The highest BCUT2D eigenvalue weighted by molar-refractivity contribution is 5.18. The lowest BCUT2D eigenvalue weighted by Gasteiger charge is -2.35. The smallest absolute Gasteiger partial charge is 0.0885 e. The molecule has 0 saturated heterocycles. The number of allylic oxidation sites excluding steroid dienone is 6. The van der Waals surface area contributed by atoms with Crippen LogP contribution in [0.15, 0.2) is 36.1 Å². The molecule has 1 saturated carbocycles. The molecular weight excluding hydrogens is 196 g/mol. The fourth-order valence-corrected chi connectivity index (χ4v) is 3.77. The van der Waals surface area contributed by atoms with E-state index >= 15 is 0 Å². The van der Waals surface area contributed by atoms with Gasteiger partial charge in [0.05, 0.1) is 5.76 Å². The summed E-state index contributed by atoms with van der Waals surface area (Å²) in [4.78, 5) is 0. The minimum Gasteiger partial charge on any atom is -0.513 e. The van der Waals surface area contributed by atoms with Gasteiger partial charge in [0, 0.05) is 6.42 Å². The molecule has 4 unspecified atom stereocenters. The molecule has 1 heteroatoms. The van der Waals surface area contributed by atoms with Gasteiger partial charge < -0.3 is 5.11 Å². The van der Waals surface area contributed by atoms with E-state index in [2.05, 4.69) is 30.4 Å². The highest BCUT2D eigenvalue weighted by Gasteiger charge is 2.36. The molecule has 4 atom stereocenters. The van der Waals surface area contributed by atoms with Gasteiger partial charge in [0.2, 0.25) is 0 Å². The molecular formula is C15H20O. The first kappa shape index (κ1) is 10.2. The van der Waals surface area contributed by atoms with Crippen LogP contribution in [0.1, 0.15) is 32.1 Å². The molecule has 0 heterocycles. The molecule has 0 aromatic rings. The summed E-state index contributed by atoms with van der Waals surface area (Å²) < 4.78 is 0. The molecule has 0 radical (unpaired) electrons. The van der Waals surface area contributed by atoms with E-state index in [1.54, 1.807) is 0 Å². The van der Waals surface area contributed by atoms with Gasteiger partial charge in [0.25, 0.3) is 0 Å². The van der Waals surface area contributed by atoms with Crippen molar-refractivity contribution in [3.8, 4) is 0 Å². The van der Waals surface area contributed by atoms with Gasteiger partial charge in [-0.05, 0) is 49.0 Å². The second-order valence-corrected chi connectivity index (χ2v) is 5.47. The van der Waals surface area contributed by atoms with E-state index in [-0.39, 0.29) is 0 Å². The molecule has 0 amide bonds. The van der Waals surface area contributed by atoms with Crippen LogP contribution in [-0.2, 0) is 0 Å². The van der Waals surface area contributed by atoms with E-state index in [1.807, 2.05) is 0 Å². The lowest BCUT2D eigenvalue weighted by atomic mass is 9.70. The number of hydrogen-bond acceptors (Lipinski definition) is 1. The molecule has 1 N–H and O–H groups in total. The molecule has 3 rings (SSSR count). The first-order valence-electron chi connectivity index (χ1n) is 6.59. The van der Waals surface area contributed by atoms with Crippen molar-refractivity contribution in [3.05, 3.63) is 36.1 Å². The Kier molecular flexibility index (Phi) is 2.62. The van der Waals surface area contributed by atoms with Crippen molar-refractivity contribution >= 4 is 0 Å². The SMILES string of the molecule is OC1=CC2CCCC3C=CC=CC3C2CC1. The van der Waals surface area contributed by atoms with Crippen molar-refractivity contribution in [2.45, 2.75) is 32.1 Å². The minimum absolute atomic E-state index is 0.625. The summed E-state index contributed by atoms with van der Waals surface area (Å²) in [6.07, 6.45) is 17.3. The third-order valence-corrected chi connectivity index (χ3v) is 4.56. The number of fused-ring (bicyclic) bond motifs is 3.